The molecule has 0 bridgehead atoms. The largest absolute Gasteiger partial charge is 0.252 e. The van der Waals surface area contributed by atoms with Crippen LogP contribution in [0.25, 0.3) is 22.5 Å². The van der Waals surface area contributed by atoms with Crippen LogP contribution in [-0.4, -0.2) is 19.9 Å². The van der Waals surface area contributed by atoms with Crippen LogP contribution in [-0.2, 0) is 5.41 Å². The van der Waals surface area contributed by atoms with Gasteiger partial charge in [0.15, 0.2) is 0 Å². The van der Waals surface area contributed by atoms with Gasteiger partial charge in [-0.2, -0.15) is 18.2 Å². The van der Waals surface area contributed by atoms with Crippen LogP contribution in [0.3, 0.4) is 0 Å². The van der Waals surface area contributed by atoms with Gasteiger partial charge in [0.25, 0.3) is 0 Å². The Balaban J connectivity index is 1.62. The van der Waals surface area contributed by atoms with Crippen LogP contribution in [0.2, 0.25) is 5.15 Å². The summed E-state index contributed by atoms with van der Waals surface area (Å²) in [4.78, 5) is 16.6. The topological polar surface area (TPSA) is 51.6 Å². The molecule has 0 atom stereocenters. The molecule has 4 aromatic heterocycles. The van der Waals surface area contributed by atoms with Crippen LogP contribution in [0.5, 0.6) is 0 Å². The molecule has 5 rings (SSSR count). The lowest BCUT2D eigenvalue weighted by Gasteiger charge is -2.37. The van der Waals surface area contributed by atoms with Crippen molar-refractivity contribution >= 4 is 11.6 Å². The van der Waals surface area contributed by atoms with Crippen LogP contribution >= 0.6 is 11.6 Å². The molecular weight excluding hydrogens is 461 g/mol. The number of halogens is 4. The van der Waals surface area contributed by atoms with Crippen molar-refractivity contribution in [1.82, 2.24) is 19.9 Å². The van der Waals surface area contributed by atoms with Gasteiger partial charge in [-0.1, -0.05) is 43.0 Å². The van der Waals surface area contributed by atoms with Crippen molar-refractivity contribution < 1.29 is 13.2 Å². The smallest absolute Gasteiger partial charge is 0.224 e. The normalized spacial score (nSPS) is 15.3. The van der Waals surface area contributed by atoms with Crippen LogP contribution in [0.1, 0.15) is 43.5 Å². The summed E-state index contributed by atoms with van der Waals surface area (Å²) in [7, 11) is 0. The number of aromatic nitrogens is 4. The van der Waals surface area contributed by atoms with Crippen molar-refractivity contribution in [2.45, 2.75) is 37.5 Å². The molecule has 0 saturated heterocycles. The van der Waals surface area contributed by atoms with E-state index in [2.05, 4.69) is 9.97 Å². The molecule has 0 aliphatic heterocycles. The molecule has 4 nitrogen and oxygen atoms in total. The molecular formula is C26H20ClF3N4. The molecule has 1 aliphatic rings. The summed E-state index contributed by atoms with van der Waals surface area (Å²) in [6.45, 7) is 0. The Labute approximate surface area is 199 Å². The fourth-order valence-electron chi connectivity index (χ4n) is 4.71. The van der Waals surface area contributed by atoms with Crippen LogP contribution in [0.4, 0.5) is 13.2 Å². The molecule has 1 fully saturated rings. The van der Waals surface area contributed by atoms with E-state index in [9.17, 15) is 13.2 Å². The van der Waals surface area contributed by atoms with Gasteiger partial charge >= 0.3 is 0 Å². The van der Waals surface area contributed by atoms with E-state index < -0.39 is 23.3 Å². The molecule has 0 N–H and O–H groups in total. The fourth-order valence-corrected chi connectivity index (χ4v) is 4.84. The maximum absolute atomic E-state index is 14.5. The second kappa shape index (κ2) is 9.14. The Bertz CT molecular complexity index is 1260. The summed E-state index contributed by atoms with van der Waals surface area (Å²) >= 11 is 5.81. The molecule has 0 amide bonds. The highest BCUT2D eigenvalue weighted by molar-refractivity contribution is 6.29. The van der Waals surface area contributed by atoms with E-state index in [1.807, 2.05) is 24.3 Å². The molecule has 34 heavy (non-hydrogen) atoms. The standard InChI is InChI=1S/C26H20ClF3N4/c27-22-12-10-16(24(29)33-22)18-6-4-8-20(31-18)26(14-2-1-3-15-26)21-9-5-7-19(32-21)17-11-13-23(28)34-25(17)30/h4-13H,1-3,14-15H2. The molecule has 4 aromatic rings. The van der Waals surface area contributed by atoms with Crippen LogP contribution in [0.15, 0.2) is 60.7 Å². The van der Waals surface area contributed by atoms with Crippen molar-refractivity contribution in [3.63, 3.8) is 0 Å². The Kier molecular flexibility index (Phi) is 6.04. The van der Waals surface area contributed by atoms with E-state index in [1.54, 1.807) is 18.2 Å². The van der Waals surface area contributed by atoms with E-state index in [0.29, 0.717) is 11.4 Å². The van der Waals surface area contributed by atoms with E-state index in [-0.39, 0.29) is 16.3 Å². The predicted octanol–water partition coefficient (Wildman–Crippen LogP) is 6.92. The number of hydrogen-bond donors (Lipinski definition) is 0. The third-order valence-corrected chi connectivity index (χ3v) is 6.58. The fraction of sp³-hybridized carbons (Fsp3) is 0.231. The molecule has 172 valence electrons. The van der Waals surface area contributed by atoms with Gasteiger partial charge in [0.2, 0.25) is 17.8 Å². The quantitative estimate of drug-likeness (QED) is 0.297. The minimum atomic E-state index is -0.909. The van der Waals surface area contributed by atoms with Crippen molar-refractivity contribution in [2.75, 3.05) is 0 Å². The Morgan fingerprint density at radius 3 is 1.74 bits per heavy atom. The minimum Gasteiger partial charge on any atom is -0.252 e. The SMILES string of the molecule is Fc1ccc(-c2cccc(C3(c4cccc(-c5ccc(Cl)nc5F)n4)CCCCC3)n2)c(F)n1. The van der Waals surface area contributed by atoms with Crippen LogP contribution in [0, 0.1) is 17.8 Å². The van der Waals surface area contributed by atoms with E-state index in [4.69, 9.17) is 21.6 Å². The summed E-state index contributed by atoms with van der Waals surface area (Å²) in [6, 6.07) is 16.4. The third kappa shape index (κ3) is 4.16. The van der Waals surface area contributed by atoms with Gasteiger partial charge < -0.3 is 0 Å². The monoisotopic (exact) mass is 480 g/mol. The minimum absolute atomic E-state index is 0.0738. The van der Waals surface area contributed by atoms with Gasteiger partial charge in [-0.15, -0.1) is 0 Å². The maximum atomic E-state index is 14.5. The zero-order valence-electron chi connectivity index (χ0n) is 18.1. The first-order valence-corrected chi connectivity index (χ1v) is 11.4. The Hall–Kier alpha value is -3.32. The summed E-state index contributed by atoms with van der Waals surface area (Å²) in [5, 5.41) is 0.0738. The highest BCUT2D eigenvalue weighted by Gasteiger charge is 2.39. The van der Waals surface area contributed by atoms with Crippen molar-refractivity contribution in [2.24, 2.45) is 0 Å². The zero-order chi connectivity index (χ0) is 23.7. The zero-order valence-corrected chi connectivity index (χ0v) is 18.9. The van der Waals surface area contributed by atoms with Gasteiger partial charge in [0, 0.05) is 0 Å². The molecule has 4 heterocycles. The van der Waals surface area contributed by atoms with E-state index >= 15 is 0 Å². The van der Waals surface area contributed by atoms with Crippen molar-refractivity contribution in [3.05, 3.63) is 95.0 Å². The highest BCUT2D eigenvalue weighted by atomic mass is 35.5. The van der Waals surface area contributed by atoms with Gasteiger partial charge in [-0.05, 0) is 61.4 Å². The molecule has 0 spiro atoms. The van der Waals surface area contributed by atoms with Crippen molar-refractivity contribution in [3.8, 4) is 22.5 Å². The van der Waals surface area contributed by atoms with Gasteiger partial charge in [0.05, 0.1) is 39.3 Å². The Morgan fingerprint density at radius 1 is 0.618 bits per heavy atom. The van der Waals surface area contributed by atoms with Gasteiger partial charge in [0.1, 0.15) is 5.15 Å². The molecule has 0 radical (unpaired) electrons. The summed E-state index contributed by atoms with van der Waals surface area (Å²) in [6.07, 6.45) is 4.63. The first-order valence-electron chi connectivity index (χ1n) is 11.1. The van der Waals surface area contributed by atoms with E-state index in [1.165, 1.54) is 12.1 Å². The number of hydrogen-bond acceptors (Lipinski definition) is 4. The van der Waals surface area contributed by atoms with Crippen LogP contribution < -0.4 is 0 Å². The summed E-state index contributed by atoms with van der Waals surface area (Å²) in [5.41, 5.74) is 2.20. The molecule has 0 aromatic carbocycles. The first kappa shape index (κ1) is 22.5. The van der Waals surface area contributed by atoms with Crippen molar-refractivity contribution in [1.29, 1.82) is 0 Å². The number of nitrogens with zero attached hydrogens (tertiary/aromatic N) is 4. The molecule has 1 aliphatic carbocycles. The molecule has 1 saturated carbocycles. The number of rotatable bonds is 4. The average Bonchev–Trinajstić information content (AvgIpc) is 2.85. The lowest BCUT2D eigenvalue weighted by molar-refractivity contribution is 0.331. The Morgan fingerprint density at radius 2 is 1.18 bits per heavy atom. The average molecular weight is 481 g/mol. The second-order valence-corrected chi connectivity index (χ2v) is 8.79. The third-order valence-electron chi connectivity index (χ3n) is 6.37. The molecule has 8 heteroatoms. The summed E-state index contributed by atoms with van der Waals surface area (Å²) < 4.78 is 42.2. The second-order valence-electron chi connectivity index (χ2n) is 8.40. The summed E-state index contributed by atoms with van der Waals surface area (Å²) in [5.74, 6) is -2.48. The lowest BCUT2D eigenvalue weighted by Crippen LogP contribution is -2.32. The lowest BCUT2D eigenvalue weighted by atomic mass is 9.69. The van der Waals surface area contributed by atoms with E-state index in [0.717, 1.165) is 49.6 Å². The maximum Gasteiger partial charge on any atom is 0.224 e. The predicted molar refractivity (Wildman–Crippen MR) is 124 cm³/mol. The number of pyridine rings is 4. The first-order chi connectivity index (χ1) is 16.5. The van der Waals surface area contributed by atoms with Gasteiger partial charge in [-0.25, -0.2) is 4.98 Å². The molecule has 0 unspecified atom stereocenters. The highest BCUT2D eigenvalue weighted by Crippen LogP contribution is 2.44. The van der Waals surface area contributed by atoms with Gasteiger partial charge in [-0.3, -0.25) is 9.97 Å².